The molecule has 0 radical (unpaired) electrons. The van der Waals surface area contributed by atoms with E-state index in [4.69, 9.17) is 10.00 Å². The molecule has 1 amide bonds. The Morgan fingerprint density at radius 1 is 1.30 bits per heavy atom. The van der Waals surface area contributed by atoms with Crippen LogP contribution in [0.5, 0.6) is 0 Å². The molecule has 1 aromatic heterocycles. The maximum atomic E-state index is 12.0. The maximum absolute atomic E-state index is 12.0. The molecule has 2 aromatic rings. The van der Waals surface area contributed by atoms with Gasteiger partial charge in [0.1, 0.15) is 5.69 Å². The lowest BCUT2D eigenvalue weighted by molar-refractivity contribution is 0.0932. The van der Waals surface area contributed by atoms with Gasteiger partial charge in [-0.1, -0.05) is 0 Å². The summed E-state index contributed by atoms with van der Waals surface area (Å²) in [4.78, 5) is 20.5. The molecule has 0 fully saturated rings. The molecule has 0 aliphatic carbocycles. The number of aryl methyl sites for hydroxylation is 1. The molecule has 0 spiro atoms. The summed E-state index contributed by atoms with van der Waals surface area (Å²) in [5.41, 5.74) is 2.26. The van der Waals surface area contributed by atoms with Crippen LogP contribution in [0.3, 0.4) is 0 Å². The number of methoxy groups -OCH3 is 1. The number of benzene rings is 1. The number of carbonyl (C=O) groups is 1. The first-order valence-electron chi connectivity index (χ1n) is 7.02. The lowest BCUT2D eigenvalue weighted by atomic mass is 10.2. The Morgan fingerprint density at radius 2 is 2.04 bits per heavy atom. The average molecular weight is 311 g/mol. The Balaban J connectivity index is 2.13. The van der Waals surface area contributed by atoms with Crippen molar-refractivity contribution in [2.24, 2.45) is 0 Å². The SMILES string of the molecule is COCCNC(=O)c1cc(C)nc(Nc2ccc(C#N)cc2)n1. The summed E-state index contributed by atoms with van der Waals surface area (Å²) in [6.45, 7) is 2.64. The number of nitriles is 1. The normalized spacial score (nSPS) is 9.96. The minimum Gasteiger partial charge on any atom is -0.383 e. The highest BCUT2D eigenvalue weighted by atomic mass is 16.5. The van der Waals surface area contributed by atoms with Crippen molar-refractivity contribution in [1.29, 1.82) is 5.26 Å². The molecule has 2 N–H and O–H groups in total. The molecule has 2 rings (SSSR count). The zero-order valence-electron chi connectivity index (χ0n) is 13.0. The van der Waals surface area contributed by atoms with Crippen LogP contribution < -0.4 is 10.6 Å². The Hall–Kier alpha value is -2.98. The van der Waals surface area contributed by atoms with Crippen LogP contribution in [0.2, 0.25) is 0 Å². The minimum atomic E-state index is -0.282. The number of nitrogens with one attached hydrogen (secondary N) is 2. The van der Waals surface area contributed by atoms with Crippen molar-refractivity contribution in [1.82, 2.24) is 15.3 Å². The maximum Gasteiger partial charge on any atom is 0.270 e. The van der Waals surface area contributed by atoms with Gasteiger partial charge in [-0.2, -0.15) is 5.26 Å². The van der Waals surface area contributed by atoms with Gasteiger partial charge < -0.3 is 15.4 Å². The minimum absolute atomic E-state index is 0.282. The Kier molecular flexibility index (Phi) is 5.61. The first kappa shape index (κ1) is 16.4. The molecule has 0 aliphatic heterocycles. The van der Waals surface area contributed by atoms with Crippen LogP contribution in [-0.2, 0) is 4.74 Å². The lowest BCUT2D eigenvalue weighted by Crippen LogP contribution is -2.28. The van der Waals surface area contributed by atoms with E-state index in [1.165, 1.54) is 0 Å². The fourth-order valence-corrected chi connectivity index (χ4v) is 1.86. The predicted molar refractivity (Wildman–Crippen MR) is 85.4 cm³/mol. The highest BCUT2D eigenvalue weighted by Crippen LogP contribution is 2.14. The summed E-state index contributed by atoms with van der Waals surface area (Å²) >= 11 is 0. The molecule has 0 atom stereocenters. The summed E-state index contributed by atoms with van der Waals surface area (Å²) in [6.07, 6.45) is 0. The fraction of sp³-hybridized carbons (Fsp3) is 0.250. The zero-order valence-corrected chi connectivity index (χ0v) is 13.0. The van der Waals surface area contributed by atoms with E-state index in [2.05, 4.69) is 26.7 Å². The number of hydrogen-bond donors (Lipinski definition) is 2. The van der Waals surface area contributed by atoms with Crippen LogP contribution in [0.15, 0.2) is 30.3 Å². The van der Waals surface area contributed by atoms with Crippen LogP contribution in [0.4, 0.5) is 11.6 Å². The molecule has 0 saturated heterocycles. The summed E-state index contributed by atoms with van der Waals surface area (Å²) in [7, 11) is 1.57. The predicted octanol–water partition coefficient (Wildman–Crippen LogP) is 1.78. The van der Waals surface area contributed by atoms with E-state index in [1.807, 2.05) is 0 Å². The monoisotopic (exact) mass is 311 g/mol. The number of rotatable bonds is 6. The average Bonchev–Trinajstić information content (AvgIpc) is 2.55. The van der Waals surface area contributed by atoms with Gasteiger partial charge in [0.15, 0.2) is 0 Å². The van der Waals surface area contributed by atoms with Gasteiger partial charge in [-0.25, -0.2) is 9.97 Å². The third kappa shape index (κ3) is 4.76. The molecule has 1 aromatic carbocycles. The second-order valence-corrected chi connectivity index (χ2v) is 4.78. The number of aromatic nitrogens is 2. The molecule has 23 heavy (non-hydrogen) atoms. The van der Waals surface area contributed by atoms with E-state index >= 15 is 0 Å². The number of amides is 1. The van der Waals surface area contributed by atoms with Crippen molar-refractivity contribution in [2.45, 2.75) is 6.92 Å². The van der Waals surface area contributed by atoms with Gasteiger partial charge in [0.2, 0.25) is 5.95 Å². The number of carbonyl (C=O) groups excluding carboxylic acids is 1. The van der Waals surface area contributed by atoms with Crippen LogP contribution in [0, 0.1) is 18.3 Å². The molecule has 118 valence electrons. The van der Waals surface area contributed by atoms with Crippen LogP contribution >= 0.6 is 0 Å². The van der Waals surface area contributed by atoms with E-state index in [0.29, 0.717) is 30.4 Å². The van der Waals surface area contributed by atoms with Crippen molar-refractivity contribution in [2.75, 3.05) is 25.6 Å². The third-order valence-corrected chi connectivity index (χ3v) is 2.95. The third-order valence-electron chi connectivity index (χ3n) is 2.95. The van der Waals surface area contributed by atoms with Gasteiger partial charge in [-0.05, 0) is 37.3 Å². The van der Waals surface area contributed by atoms with Gasteiger partial charge in [-0.15, -0.1) is 0 Å². The number of nitrogens with zero attached hydrogens (tertiary/aromatic N) is 3. The van der Waals surface area contributed by atoms with Crippen LogP contribution in [-0.4, -0.2) is 36.1 Å². The number of anilines is 2. The second kappa shape index (κ2) is 7.87. The number of hydrogen-bond acceptors (Lipinski definition) is 6. The highest BCUT2D eigenvalue weighted by Gasteiger charge is 2.10. The molecular weight excluding hydrogens is 294 g/mol. The first-order chi connectivity index (χ1) is 11.1. The van der Waals surface area contributed by atoms with Gasteiger partial charge in [0.25, 0.3) is 5.91 Å². The standard InChI is InChI=1S/C16H17N5O2/c1-11-9-14(15(22)18-7-8-23-2)21-16(19-11)20-13-5-3-12(10-17)4-6-13/h3-6,9H,7-8H2,1-2H3,(H,18,22)(H,19,20,21). The van der Waals surface area contributed by atoms with Crippen molar-refractivity contribution in [3.05, 3.63) is 47.3 Å². The summed E-state index contributed by atoms with van der Waals surface area (Å²) < 4.78 is 4.89. The van der Waals surface area contributed by atoms with E-state index in [0.717, 1.165) is 5.69 Å². The van der Waals surface area contributed by atoms with E-state index in [9.17, 15) is 4.79 Å². The molecule has 0 bridgehead atoms. The second-order valence-electron chi connectivity index (χ2n) is 4.78. The van der Waals surface area contributed by atoms with Crippen LogP contribution in [0.1, 0.15) is 21.7 Å². The Morgan fingerprint density at radius 3 is 2.70 bits per heavy atom. The first-order valence-corrected chi connectivity index (χ1v) is 7.02. The quantitative estimate of drug-likeness (QED) is 0.789. The van der Waals surface area contributed by atoms with Crippen molar-refractivity contribution >= 4 is 17.5 Å². The zero-order chi connectivity index (χ0) is 16.7. The van der Waals surface area contributed by atoms with Crippen molar-refractivity contribution < 1.29 is 9.53 Å². The Bertz CT molecular complexity index is 722. The topological polar surface area (TPSA) is 99.9 Å². The smallest absolute Gasteiger partial charge is 0.270 e. The molecule has 1 heterocycles. The van der Waals surface area contributed by atoms with Gasteiger partial charge >= 0.3 is 0 Å². The van der Waals surface area contributed by atoms with Gasteiger partial charge in [0.05, 0.1) is 18.2 Å². The van der Waals surface area contributed by atoms with E-state index in [-0.39, 0.29) is 11.6 Å². The number of ether oxygens (including phenoxy) is 1. The van der Waals surface area contributed by atoms with Crippen LogP contribution in [0.25, 0.3) is 0 Å². The molecular formula is C16H17N5O2. The van der Waals surface area contributed by atoms with Crippen molar-refractivity contribution in [3.63, 3.8) is 0 Å². The van der Waals surface area contributed by atoms with Crippen molar-refractivity contribution in [3.8, 4) is 6.07 Å². The fourth-order valence-electron chi connectivity index (χ4n) is 1.86. The lowest BCUT2D eigenvalue weighted by Gasteiger charge is -2.09. The van der Waals surface area contributed by atoms with Gasteiger partial charge in [0, 0.05) is 25.0 Å². The molecule has 7 nitrogen and oxygen atoms in total. The van der Waals surface area contributed by atoms with E-state index in [1.54, 1.807) is 44.4 Å². The Labute approximate surface area is 134 Å². The molecule has 7 heteroatoms. The largest absolute Gasteiger partial charge is 0.383 e. The van der Waals surface area contributed by atoms with E-state index < -0.39 is 0 Å². The summed E-state index contributed by atoms with van der Waals surface area (Å²) in [6, 6.07) is 10.6. The summed E-state index contributed by atoms with van der Waals surface area (Å²) in [5, 5.41) is 14.5. The van der Waals surface area contributed by atoms with Gasteiger partial charge in [-0.3, -0.25) is 4.79 Å². The molecule has 0 aliphatic rings. The summed E-state index contributed by atoms with van der Waals surface area (Å²) in [5.74, 6) is 0.0435. The highest BCUT2D eigenvalue weighted by molar-refractivity contribution is 5.92. The molecule has 0 saturated carbocycles. The molecule has 0 unspecified atom stereocenters.